The summed E-state index contributed by atoms with van der Waals surface area (Å²) in [5, 5.41) is 0. The third-order valence-corrected chi connectivity index (χ3v) is 2.00. The largest absolute Gasteiger partial charge is 0.233 e. The van der Waals surface area contributed by atoms with Crippen LogP contribution in [0.1, 0.15) is 45.4 Å². The Hall–Kier alpha value is 0.355. The van der Waals surface area contributed by atoms with Gasteiger partial charge >= 0.3 is 0 Å². The fourth-order valence-electron chi connectivity index (χ4n) is 1.05. The molecular formula is C8H18BCl. The van der Waals surface area contributed by atoms with Crippen LogP contribution < -0.4 is 0 Å². The van der Waals surface area contributed by atoms with Crippen LogP contribution in [0, 0.1) is 0 Å². The van der Waals surface area contributed by atoms with Crippen molar-refractivity contribution in [2.75, 3.05) is 0 Å². The van der Waals surface area contributed by atoms with Gasteiger partial charge in [-0.05, 0) is 0 Å². The van der Waals surface area contributed by atoms with Gasteiger partial charge < -0.3 is 0 Å². The summed E-state index contributed by atoms with van der Waals surface area (Å²) < 4.78 is 0. The standard InChI is InChI=1S/C8H18BCl/c1-2-3-4-5-6-7-8-9-10/h9H,2-8H2,1H3. The van der Waals surface area contributed by atoms with Crippen LogP contribution in [-0.2, 0) is 0 Å². The number of halogens is 1. The average molecular weight is 160 g/mol. The van der Waals surface area contributed by atoms with E-state index < -0.39 is 0 Å². The summed E-state index contributed by atoms with van der Waals surface area (Å²) in [5.74, 6) is 0. The molecule has 0 saturated carbocycles. The number of rotatable bonds is 7. The molecule has 0 aliphatic carbocycles. The summed E-state index contributed by atoms with van der Waals surface area (Å²) >= 11 is 5.54. The molecule has 0 rings (SSSR count). The van der Waals surface area contributed by atoms with Gasteiger partial charge in [-0.1, -0.05) is 51.8 Å². The zero-order valence-electron chi connectivity index (χ0n) is 7.03. The smallest absolute Gasteiger partial charge is 0.201 e. The van der Waals surface area contributed by atoms with Gasteiger partial charge in [-0.3, -0.25) is 0 Å². The van der Waals surface area contributed by atoms with Crippen molar-refractivity contribution in [3.8, 4) is 0 Å². The van der Waals surface area contributed by atoms with Crippen molar-refractivity contribution < 1.29 is 0 Å². The summed E-state index contributed by atoms with van der Waals surface area (Å²) in [4.78, 5) is 0. The highest BCUT2D eigenvalue weighted by molar-refractivity contribution is 6.93. The van der Waals surface area contributed by atoms with Gasteiger partial charge in [0.2, 0.25) is 6.69 Å². The van der Waals surface area contributed by atoms with Crippen LogP contribution in [0.15, 0.2) is 0 Å². The van der Waals surface area contributed by atoms with Gasteiger partial charge in [-0.15, -0.1) is 0 Å². The van der Waals surface area contributed by atoms with Crippen LogP contribution in [-0.4, -0.2) is 6.69 Å². The first-order chi connectivity index (χ1) is 4.91. The van der Waals surface area contributed by atoms with Gasteiger partial charge in [-0.25, -0.2) is 11.5 Å². The highest BCUT2D eigenvalue weighted by atomic mass is 35.5. The molecule has 0 aliphatic heterocycles. The lowest BCUT2D eigenvalue weighted by molar-refractivity contribution is 0.624. The van der Waals surface area contributed by atoms with Crippen molar-refractivity contribution >= 4 is 18.2 Å². The topological polar surface area (TPSA) is 0 Å². The van der Waals surface area contributed by atoms with E-state index in [1.54, 1.807) is 0 Å². The minimum atomic E-state index is 0.841. The second-order valence-electron chi connectivity index (χ2n) is 2.81. The summed E-state index contributed by atoms with van der Waals surface area (Å²) in [6, 6.07) is 0. The Morgan fingerprint density at radius 3 is 2.20 bits per heavy atom. The van der Waals surface area contributed by atoms with E-state index in [9.17, 15) is 0 Å². The first-order valence-corrected chi connectivity index (χ1v) is 5.01. The predicted molar refractivity (Wildman–Crippen MR) is 51.2 cm³/mol. The number of hydrogen-bond donors (Lipinski definition) is 0. The van der Waals surface area contributed by atoms with Crippen molar-refractivity contribution in [3.05, 3.63) is 0 Å². The summed E-state index contributed by atoms with van der Waals surface area (Å²) in [6.45, 7) is 3.09. The second kappa shape index (κ2) is 9.35. The third-order valence-electron chi connectivity index (χ3n) is 1.74. The molecule has 0 amide bonds. The highest BCUT2D eigenvalue weighted by Gasteiger charge is 1.89. The van der Waals surface area contributed by atoms with Crippen LogP contribution >= 0.6 is 11.5 Å². The molecule has 0 bridgehead atoms. The Bertz CT molecular complexity index is 49.2. The number of unbranched alkanes of at least 4 members (excludes halogenated alkanes) is 5. The molecule has 0 N–H and O–H groups in total. The van der Waals surface area contributed by atoms with E-state index in [2.05, 4.69) is 6.92 Å². The van der Waals surface area contributed by atoms with E-state index >= 15 is 0 Å². The van der Waals surface area contributed by atoms with Gasteiger partial charge in [0, 0.05) is 0 Å². The molecule has 0 radical (unpaired) electrons. The van der Waals surface area contributed by atoms with Gasteiger partial charge in [0.15, 0.2) is 0 Å². The maximum absolute atomic E-state index is 5.54. The van der Waals surface area contributed by atoms with Crippen molar-refractivity contribution in [2.24, 2.45) is 0 Å². The first-order valence-electron chi connectivity index (χ1n) is 4.47. The van der Waals surface area contributed by atoms with Gasteiger partial charge in [-0.2, -0.15) is 0 Å². The first kappa shape index (κ1) is 10.4. The molecule has 0 atom stereocenters. The van der Waals surface area contributed by atoms with Crippen LogP contribution in [0.5, 0.6) is 0 Å². The Labute approximate surface area is 70.5 Å². The lowest BCUT2D eigenvalue weighted by Gasteiger charge is -1.96. The normalized spacial score (nSPS) is 9.80. The zero-order chi connectivity index (χ0) is 7.66. The summed E-state index contributed by atoms with van der Waals surface area (Å²) in [7, 11) is 0. The van der Waals surface area contributed by atoms with Crippen LogP contribution in [0.25, 0.3) is 0 Å². The third kappa shape index (κ3) is 8.35. The quantitative estimate of drug-likeness (QED) is 0.396. The van der Waals surface area contributed by atoms with Crippen LogP contribution in [0.3, 0.4) is 0 Å². The molecule has 0 aromatic carbocycles. The molecule has 0 heterocycles. The molecule has 0 saturated heterocycles. The highest BCUT2D eigenvalue weighted by Crippen LogP contribution is 2.06. The lowest BCUT2D eigenvalue weighted by Crippen LogP contribution is -1.80. The second-order valence-corrected chi connectivity index (χ2v) is 3.19. The summed E-state index contributed by atoms with van der Waals surface area (Å²) in [5.41, 5.74) is 0. The van der Waals surface area contributed by atoms with E-state index in [0.29, 0.717) is 0 Å². The maximum atomic E-state index is 5.54. The van der Waals surface area contributed by atoms with Gasteiger partial charge in [0.1, 0.15) is 0 Å². The van der Waals surface area contributed by atoms with E-state index in [1.807, 2.05) is 0 Å². The molecule has 10 heavy (non-hydrogen) atoms. The Balaban J connectivity index is 2.65. The Kier molecular flexibility index (Phi) is 9.69. The molecule has 2 heteroatoms. The minimum Gasteiger partial charge on any atom is -0.201 e. The van der Waals surface area contributed by atoms with E-state index in [0.717, 1.165) is 6.69 Å². The van der Waals surface area contributed by atoms with Crippen LogP contribution in [0.4, 0.5) is 0 Å². The van der Waals surface area contributed by atoms with Gasteiger partial charge in [0.05, 0.1) is 0 Å². The minimum absolute atomic E-state index is 0.841. The van der Waals surface area contributed by atoms with Crippen molar-refractivity contribution in [1.82, 2.24) is 0 Å². The Morgan fingerprint density at radius 2 is 1.60 bits per heavy atom. The van der Waals surface area contributed by atoms with Crippen molar-refractivity contribution in [2.45, 2.75) is 51.8 Å². The number of hydrogen-bond acceptors (Lipinski definition) is 0. The fourth-order valence-corrected chi connectivity index (χ4v) is 1.24. The average Bonchev–Trinajstić information content (AvgIpc) is 1.97. The monoisotopic (exact) mass is 160 g/mol. The van der Waals surface area contributed by atoms with Crippen molar-refractivity contribution in [1.29, 1.82) is 0 Å². The molecule has 0 spiro atoms. The van der Waals surface area contributed by atoms with Crippen molar-refractivity contribution in [3.63, 3.8) is 0 Å². The molecule has 60 valence electrons. The molecule has 0 aromatic rings. The zero-order valence-corrected chi connectivity index (χ0v) is 7.79. The van der Waals surface area contributed by atoms with Crippen LogP contribution in [0.2, 0.25) is 6.32 Å². The molecule has 0 unspecified atom stereocenters. The van der Waals surface area contributed by atoms with E-state index in [-0.39, 0.29) is 0 Å². The molecule has 0 aliphatic rings. The SMILES string of the molecule is CCCCCCCCBCl. The molecule has 0 nitrogen and oxygen atoms in total. The summed E-state index contributed by atoms with van der Waals surface area (Å²) in [6.07, 6.45) is 9.48. The molecule has 0 aromatic heterocycles. The maximum Gasteiger partial charge on any atom is 0.233 e. The molecule has 0 fully saturated rings. The Morgan fingerprint density at radius 1 is 1.00 bits per heavy atom. The fraction of sp³-hybridized carbons (Fsp3) is 1.00. The lowest BCUT2D eigenvalue weighted by atomic mass is 9.97. The van der Waals surface area contributed by atoms with E-state index in [1.165, 1.54) is 44.8 Å². The molecular weight excluding hydrogens is 142 g/mol. The van der Waals surface area contributed by atoms with Gasteiger partial charge in [0.25, 0.3) is 0 Å². The predicted octanol–water partition coefficient (Wildman–Crippen LogP) is 3.36. The van der Waals surface area contributed by atoms with E-state index in [4.69, 9.17) is 11.5 Å².